The average molecular weight is 437 g/mol. The summed E-state index contributed by atoms with van der Waals surface area (Å²) in [4.78, 5) is 3.31. The minimum atomic E-state index is -5.04. The molecule has 0 aliphatic carbocycles. The van der Waals surface area contributed by atoms with E-state index in [1.54, 1.807) is 24.3 Å². The highest BCUT2D eigenvalue weighted by atomic mass is 32.2. The highest BCUT2D eigenvalue weighted by Crippen LogP contribution is 2.36. The quantitative estimate of drug-likeness (QED) is 0.459. The molecule has 0 bridgehead atoms. The molecule has 1 aromatic heterocycles. The minimum absolute atomic E-state index is 0.268. The van der Waals surface area contributed by atoms with Gasteiger partial charge in [-0.2, -0.15) is 13.2 Å². The second kappa shape index (κ2) is 8.37. The van der Waals surface area contributed by atoms with E-state index in [1.165, 1.54) is 36.4 Å². The normalized spacial score (nSPS) is 13.5. The van der Waals surface area contributed by atoms with E-state index < -0.39 is 32.7 Å². The van der Waals surface area contributed by atoms with Gasteiger partial charge in [0.25, 0.3) is 0 Å². The van der Waals surface area contributed by atoms with Crippen molar-refractivity contribution in [2.24, 2.45) is 0 Å². The molecule has 2 aromatic carbocycles. The molecule has 3 rings (SSSR count). The third-order valence-corrected chi connectivity index (χ3v) is 5.93. The molecule has 9 heteroatoms. The molecule has 0 saturated carbocycles. The van der Waals surface area contributed by atoms with Gasteiger partial charge in [0.05, 0.1) is 4.90 Å². The van der Waals surface area contributed by atoms with Crippen molar-refractivity contribution in [3.8, 4) is 0 Å². The van der Waals surface area contributed by atoms with Crippen molar-refractivity contribution in [1.82, 2.24) is 4.98 Å². The minimum Gasteiger partial charge on any atom is -0.379 e. The summed E-state index contributed by atoms with van der Waals surface area (Å²) in [6.45, 7) is 0. The summed E-state index contributed by atoms with van der Waals surface area (Å²) >= 11 is 0. The number of hydrogen-bond donors (Lipinski definition) is 1. The Bertz CT molecular complexity index is 1160. The predicted molar refractivity (Wildman–Crippen MR) is 102 cm³/mol. The fraction of sp³-hybridized carbons (Fsp3) is 0.0952. The summed E-state index contributed by atoms with van der Waals surface area (Å²) in [6.07, 6.45) is -3.61. The Morgan fingerprint density at radius 1 is 0.900 bits per heavy atom. The highest BCUT2D eigenvalue weighted by molar-refractivity contribution is 7.91. The van der Waals surface area contributed by atoms with Crippen molar-refractivity contribution >= 4 is 22.0 Å². The summed E-state index contributed by atoms with van der Waals surface area (Å²) in [7, 11) is -4.40. The Hall–Kier alpha value is -3.04. The summed E-state index contributed by atoms with van der Waals surface area (Å²) in [5.41, 5.74) is 0.507. The molecule has 0 radical (unpaired) electrons. The van der Waals surface area contributed by atoms with E-state index in [0.29, 0.717) is 5.56 Å². The number of aliphatic hydroxyl groups is 1. The SMILES string of the molecule is O=S(=O)(c1ccc(/C=C/c2ccc(F)cc2)cc1)c1ncccc1C(O)C(F)(F)F. The van der Waals surface area contributed by atoms with Gasteiger partial charge in [-0.15, -0.1) is 0 Å². The largest absolute Gasteiger partial charge is 0.418 e. The summed E-state index contributed by atoms with van der Waals surface area (Å²) < 4.78 is 77.3. The van der Waals surface area contributed by atoms with Gasteiger partial charge in [-0.25, -0.2) is 17.8 Å². The summed E-state index contributed by atoms with van der Waals surface area (Å²) in [5.74, 6) is -0.369. The fourth-order valence-electron chi connectivity index (χ4n) is 2.65. The van der Waals surface area contributed by atoms with Gasteiger partial charge in [0.1, 0.15) is 5.82 Å². The van der Waals surface area contributed by atoms with E-state index in [4.69, 9.17) is 0 Å². The first-order chi connectivity index (χ1) is 14.1. The van der Waals surface area contributed by atoms with Crippen molar-refractivity contribution in [3.63, 3.8) is 0 Å². The number of halogens is 4. The maximum Gasteiger partial charge on any atom is 0.418 e. The molecule has 4 nitrogen and oxygen atoms in total. The maximum absolute atomic E-state index is 12.9. The van der Waals surface area contributed by atoms with Gasteiger partial charge in [-0.3, -0.25) is 0 Å². The molecule has 0 fully saturated rings. The Kier molecular flexibility index (Phi) is 6.04. The lowest BCUT2D eigenvalue weighted by Gasteiger charge is -2.17. The van der Waals surface area contributed by atoms with Crippen LogP contribution in [0.15, 0.2) is 76.8 Å². The first-order valence-corrected chi connectivity index (χ1v) is 10.1. The van der Waals surface area contributed by atoms with Crippen LogP contribution in [0.3, 0.4) is 0 Å². The van der Waals surface area contributed by atoms with Gasteiger partial charge in [0.15, 0.2) is 11.1 Å². The Morgan fingerprint density at radius 2 is 1.43 bits per heavy atom. The summed E-state index contributed by atoms with van der Waals surface area (Å²) in [5, 5.41) is 8.67. The smallest absolute Gasteiger partial charge is 0.379 e. The van der Waals surface area contributed by atoms with Crippen molar-refractivity contribution < 1.29 is 31.1 Å². The zero-order valence-electron chi connectivity index (χ0n) is 15.2. The lowest BCUT2D eigenvalue weighted by molar-refractivity contribution is -0.207. The van der Waals surface area contributed by atoms with Crippen LogP contribution >= 0.6 is 0 Å². The monoisotopic (exact) mass is 437 g/mol. The van der Waals surface area contributed by atoms with Gasteiger partial charge in [0, 0.05) is 11.8 Å². The van der Waals surface area contributed by atoms with Crippen LogP contribution in [0, 0.1) is 5.82 Å². The van der Waals surface area contributed by atoms with E-state index in [0.717, 1.165) is 23.9 Å². The van der Waals surface area contributed by atoms with Crippen molar-refractivity contribution in [1.29, 1.82) is 0 Å². The molecule has 1 atom stereocenters. The number of benzene rings is 2. The number of aliphatic hydroxyl groups excluding tert-OH is 1. The summed E-state index contributed by atoms with van der Waals surface area (Å²) in [6, 6.07) is 13.1. The first-order valence-electron chi connectivity index (χ1n) is 8.57. The lowest BCUT2D eigenvalue weighted by Crippen LogP contribution is -2.23. The number of rotatable bonds is 5. The van der Waals surface area contributed by atoms with Gasteiger partial charge in [-0.05, 0) is 41.5 Å². The Balaban J connectivity index is 1.90. The first kappa shape index (κ1) is 21.7. The number of hydrogen-bond acceptors (Lipinski definition) is 4. The fourth-order valence-corrected chi connectivity index (χ4v) is 4.06. The highest BCUT2D eigenvalue weighted by Gasteiger charge is 2.42. The molecule has 1 N–H and O–H groups in total. The predicted octanol–water partition coefficient (Wildman–Crippen LogP) is 4.82. The lowest BCUT2D eigenvalue weighted by atomic mass is 10.1. The second-order valence-corrected chi connectivity index (χ2v) is 8.16. The van der Waals surface area contributed by atoms with Crippen molar-refractivity contribution in [2.75, 3.05) is 0 Å². The maximum atomic E-state index is 12.9. The van der Waals surface area contributed by atoms with Crippen LogP contribution in [-0.2, 0) is 9.84 Å². The van der Waals surface area contributed by atoms with Gasteiger partial charge in [0.2, 0.25) is 9.84 Å². The number of pyridine rings is 1. The molecule has 0 amide bonds. The van der Waals surface area contributed by atoms with E-state index in [1.807, 2.05) is 0 Å². The van der Waals surface area contributed by atoms with Gasteiger partial charge >= 0.3 is 6.18 Å². The van der Waals surface area contributed by atoms with Crippen LogP contribution in [0.1, 0.15) is 22.8 Å². The van der Waals surface area contributed by atoms with Crippen LogP contribution < -0.4 is 0 Å². The molecule has 156 valence electrons. The molecule has 30 heavy (non-hydrogen) atoms. The number of aromatic nitrogens is 1. The molecule has 0 spiro atoms. The zero-order valence-corrected chi connectivity index (χ0v) is 16.0. The Morgan fingerprint density at radius 3 is 1.97 bits per heavy atom. The number of nitrogens with zero attached hydrogens (tertiary/aromatic N) is 1. The molecule has 3 aromatic rings. The molecule has 1 unspecified atom stereocenters. The van der Waals surface area contributed by atoms with E-state index >= 15 is 0 Å². The standard InChI is InChI=1S/C21H15F4NO3S/c22-16-9-5-14(6-10-16)3-4-15-7-11-17(12-8-15)30(28,29)20-18(2-1-13-26-20)19(27)21(23,24)25/h1-13,19,27H/b4-3+. The van der Waals surface area contributed by atoms with Crippen LogP contribution in [0.5, 0.6) is 0 Å². The van der Waals surface area contributed by atoms with Crippen LogP contribution in [-0.4, -0.2) is 24.7 Å². The van der Waals surface area contributed by atoms with Gasteiger partial charge in [-0.1, -0.05) is 42.5 Å². The van der Waals surface area contributed by atoms with Crippen LogP contribution in [0.25, 0.3) is 12.2 Å². The molecule has 0 aliphatic heterocycles. The van der Waals surface area contributed by atoms with Crippen molar-refractivity contribution in [3.05, 3.63) is 89.4 Å². The topological polar surface area (TPSA) is 67.3 Å². The van der Waals surface area contributed by atoms with Crippen molar-refractivity contribution in [2.45, 2.75) is 22.2 Å². The van der Waals surface area contributed by atoms with Gasteiger partial charge < -0.3 is 5.11 Å². The zero-order chi connectivity index (χ0) is 21.9. The molecular weight excluding hydrogens is 422 g/mol. The van der Waals surface area contributed by atoms with E-state index in [-0.39, 0.29) is 10.7 Å². The molecular formula is C21H15F4NO3S. The second-order valence-electron chi connectivity index (χ2n) is 6.30. The number of sulfone groups is 1. The van der Waals surface area contributed by atoms with E-state index in [2.05, 4.69) is 4.98 Å². The Labute approximate surface area is 170 Å². The molecule has 0 saturated heterocycles. The van der Waals surface area contributed by atoms with Crippen LogP contribution in [0.2, 0.25) is 0 Å². The third-order valence-electron chi connectivity index (χ3n) is 4.19. The van der Waals surface area contributed by atoms with Crippen LogP contribution in [0.4, 0.5) is 17.6 Å². The number of alkyl halides is 3. The third kappa shape index (κ3) is 4.74. The molecule has 0 aliphatic rings. The molecule has 1 heterocycles. The van der Waals surface area contributed by atoms with E-state index in [9.17, 15) is 31.1 Å². The average Bonchev–Trinajstić information content (AvgIpc) is 2.72.